The first-order valence-corrected chi connectivity index (χ1v) is 7.28. The molecule has 2 atom stereocenters. The summed E-state index contributed by atoms with van der Waals surface area (Å²) in [6, 6.07) is -0.105. The number of rotatable bonds is 4. The molecule has 1 aliphatic carbocycles. The molecule has 2 N–H and O–H groups in total. The van der Waals surface area contributed by atoms with Gasteiger partial charge in [0.1, 0.15) is 0 Å². The van der Waals surface area contributed by atoms with Gasteiger partial charge in [-0.2, -0.15) is 0 Å². The van der Waals surface area contributed by atoms with Crippen LogP contribution in [-0.4, -0.2) is 31.3 Å². The molecule has 0 heterocycles. The zero-order valence-electron chi connectivity index (χ0n) is 9.48. The number of carbonyl (C=O) groups is 1. The number of carboxylic acids is 1. The normalized spacial score (nSPS) is 27.3. The van der Waals surface area contributed by atoms with Crippen molar-refractivity contribution >= 4 is 16.0 Å². The average Bonchev–Trinajstić information content (AvgIpc) is 2.29. The summed E-state index contributed by atoms with van der Waals surface area (Å²) in [7, 11) is -3.68. The summed E-state index contributed by atoms with van der Waals surface area (Å²) in [6.07, 6.45) is 5.06. The van der Waals surface area contributed by atoms with Gasteiger partial charge in [0, 0.05) is 6.04 Å². The van der Waals surface area contributed by atoms with Crippen molar-refractivity contribution in [1.29, 1.82) is 0 Å². The van der Waals surface area contributed by atoms with E-state index in [1.165, 1.54) is 0 Å². The molecule has 0 amide bonds. The first kappa shape index (κ1) is 13.4. The van der Waals surface area contributed by atoms with Gasteiger partial charge in [0.15, 0.2) is 5.75 Å². The van der Waals surface area contributed by atoms with E-state index in [1.54, 1.807) is 0 Å². The molecule has 0 radical (unpaired) electrons. The Kier molecular flexibility index (Phi) is 4.73. The molecule has 0 aromatic rings. The molecule has 0 saturated heterocycles. The number of hydrogen-bond donors (Lipinski definition) is 2. The van der Waals surface area contributed by atoms with E-state index >= 15 is 0 Å². The minimum Gasteiger partial charge on any atom is -0.480 e. The molecule has 1 fully saturated rings. The van der Waals surface area contributed by atoms with Crippen molar-refractivity contribution < 1.29 is 18.3 Å². The van der Waals surface area contributed by atoms with E-state index in [-0.39, 0.29) is 12.0 Å². The van der Waals surface area contributed by atoms with E-state index in [9.17, 15) is 13.2 Å². The molecule has 0 aromatic heterocycles. The van der Waals surface area contributed by atoms with Gasteiger partial charge in [-0.1, -0.05) is 26.2 Å². The lowest BCUT2D eigenvalue weighted by Crippen LogP contribution is -2.41. The van der Waals surface area contributed by atoms with Gasteiger partial charge in [-0.05, 0) is 18.8 Å². The Labute approximate surface area is 96.3 Å². The monoisotopic (exact) mass is 249 g/mol. The molecule has 1 rings (SSSR count). The van der Waals surface area contributed by atoms with Crippen LogP contribution in [0.4, 0.5) is 0 Å². The third-order valence-electron chi connectivity index (χ3n) is 3.01. The Morgan fingerprint density at radius 2 is 1.94 bits per heavy atom. The van der Waals surface area contributed by atoms with Crippen molar-refractivity contribution in [2.75, 3.05) is 5.75 Å². The quantitative estimate of drug-likeness (QED) is 0.727. The van der Waals surface area contributed by atoms with Crippen LogP contribution < -0.4 is 4.72 Å². The first-order chi connectivity index (χ1) is 7.41. The number of sulfonamides is 1. The number of hydrogen-bond acceptors (Lipinski definition) is 3. The van der Waals surface area contributed by atoms with Gasteiger partial charge in [0.25, 0.3) is 0 Å². The van der Waals surface area contributed by atoms with Crippen molar-refractivity contribution in [3.05, 3.63) is 0 Å². The van der Waals surface area contributed by atoms with Crippen LogP contribution >= 0.6 is 0 Å². The van der Waals surface area contributed by atoms with Crippen molar-refractivity contribution in [3.63, 3.8) is 0 Å². The van der Waals surface area contributed by atoms with Crippen LogP contribution in [-0.2, 0) is 14.8 Å². The van der Waals surface area contributed by atoms with E-state index in [2.05, 4.69) is 4.72 Å². The lowest BCUT2D eigenvalue weighted by atomic mass is 9.98. The van der Waals surface area contributed by atoms with E-state index in [4.69, 9.17) is 5.11 Å². The fourth-order valence-corrected chi connectivity index (χ4v) is 3.32. The molecule has 5 nitrogen and oxygen atoms in total. The minimum absolute atomic E-state index is 0.105. The predicted molar refractivity (Wildman–Crippen MR) is 60.6 cm³/mol. The highest BCUT2D eigenvalue weighted by atomic mass is 32.2. The maximum absolute atomic E-state index is 11.5. The van der Waals surface area contributed by atoms with Crippen LogP contribution in [0.1, 0.15) is 39.0 Å². The van der Waals surface area contributed by atoms with E-state index < -0.39 is 21.7 Å². The predicted octanol–water partition coefficient (Wildman–Crippen LogP) is 0.959. The highest BCUT2D eigenvalue weighted by molar-refractivity contribution is 7.90. The van der Waals surface area contributed by atoms with Gasteiger partial charge in [-0.3, -0.25) is 4.79 Å². The summed E-state index contributed by atoms with van der Waals surface area (Å²) >= 11 is 0. The number of nitrogens with one attached hydrogen (secondary N) is 1. The zero-order chi connectivity index (χ0) is 12.2. The van der Waals surface area contributed by atoms with Crippen LogP contribution in [0.5, 0.6) is 0 Å². The van der Waals surface area contributed by atoms with E-state index in [0.717, 1.165) is 32.1 Å². The van der Waals surface area contributed by atoms with Crippen LogP contribution in [0.25, 0.3) is 0 Å². The molecule has 0 aromatic carbocycles. The van der Waals surface area contributed by atoms with Crippen LogP contribution in [0.15, 0.2) is 0 Å². The standard InChI is InChI=1S/C10H19NO4S/c1-8-5-3-2-4-6-9(8)11-16(14,15)7-10(12)13/h8-9,11H,2-7H2,1H3,(H,12,13). The molecule has 94 valence electrons. The van der Waals surface area contributed by atoms with Gasteiger partial charge in [0.05, 0.1) is 0 Å². The summed E-state index contributed by atoms with van der Waals surface area (Å²) in [5.41, 5.74) is 0. The second kappa shape index (κ2) is 5.63. The lowest BCUT2D eigenvalue weighted by Gasteiger charge is -2.22. The molecular weight excluding hydrogens is 230 g/mol. The van der Waals surface area contributed by atoms with Crippen molar-refractivity contribution in [2.24, 2.45) is 5.92 Å². The topological polar surface area (TPSA) is 83.5 Å². The Bertz CT molecular complexity index is 339. The third-order valence-corrected chi connectivity index (χ3v) is 4.29. The molecule has 6 heteroatoms. The van der Waals surface area contributed by atoms with E-state index in [1.807, 2.05) is 6.92 Å². The Morgan fingerprint density at radius 3 is 2.56 bits per heavy atom. The average molecular weight is 249 g/mol. The fourth-order valence-electron chi connectivity index (χ4n) is 2.10. The Balaban J connectivity index is 2.60. The molecule has 1 aliphatic rings. The Morgan fingerprint density at radius 1 is 1.31 bits per heavy atom. The summed E-state index contributed by atoms with van der Waals surface area (Å²) < 4.78 is 25.5. The second-order valence-electron chi connectivity index (χ2n) is 4.49. The third kappa shape index (κ3) is 4.49. The number of carboxylic acid groups (broad SMARTS) is 1. The zero-order valence-corrected chi connectivity index (χ0v) is 10.3. The van der Waals surface area contributed by atoms with Crippen LogP contribution in [0.3, 0.4) is 0 Å². The molecule has 0 bridgehead atoms. The number of aliphatic carboxylic acids is 1. The fraction of sp³-hybridized carbons (Fsp3) is 0.900. The smallest absolute Gasteiger partial charge is 0.320 e. The van der Waals surface area contributed by atoms with Crippen molar-refractivity contribution in [3.8, 4) is 0 Å². The summed E-state index contributed by atoms with van der Waals surface area (Å²) in [4.78, 5) is 10.4. The van der Waals surface area contributed by atoms with Gasteiger partial charge in [0.2, 0.25) is 10.0 Å². The molecule has 0 spiro atoms. The summed E-state index contributed by atoms with van der Waals surface area (Å²) in [6.45, 7) is 2.01. The van der Waals surface area contributed by atoms with Crippen LogP contribution in [0.2, 0.25) is 0 Å². The second-order valence-corrected chi connectivity index (χ2v) is 6.25. The molecule has 2 unspecified atom stereocenters. The summed E-state index contributed by atoms with van der Waals surface area (Å²) in [5.74, 6) is -1.87. The SMILES string of the molecule is CC1CCCCCC1NS(=O)(=O)CC(=O)O. The maximum Gasteiger partial charge on any atom is 0.320 e. The first-order valence-electron chi connectivity index (χ1n) is 5.62. The van der Waals surface area contributed by atoms with E-state index in [0.29, 0.717) is 0 Å². The minimum atomic E-state index is -3.68. The van der Waals surface area contributed by atoms with Crippen molar-refractivity contribution in [2.45, 2.75) is 45.1 Å². The molecule has 16 heavy (non-hydrogen) atoms. The van der Waals surface area contributed by atoms with Gasteiger partial charge in [-0.25, -0.2) is 13.1 Å². The van der Waals surface area contributed by atoms with Gasteiger partial charge >= 0.3 is 5.97 Å². The Hall–Kier alpha value is -0.620. The lowest BCUT2D eigenvalue weighted by molar-refractivity contribution is -0.134. The van der Waals surface area contributed by atoms with Gasteiger partial charge < -0.3 is 5.11 Å². The van der Waals surface area contributed by atoms with Crippen molar-refractivity contribution in [1.82, 2.24) is 4.72 Å². The van der Waals surface area contributed by atoms with Crippen LogP contribution in [0, 0.1) is 5.92 Å². The van der Waals surface area contributed by atoms with Gasteiger partial charge in [-0.15, -0.1) is 0 Å². The maximum atomic E-state index is 11.5. The molecule has 0 aliphatic heterocycles. The largest absolute Gasteiger partial charge is 0.480 e. The highest BCUT2D eigenvalue weighted by Gasteiger charge is 2.25. The highest BCUT2D eigenvalue weighted by Crippen LogP contribution is 2.23. The molecule has 1 saturated carbocycles. The molecular formula is C10H19NO4S. The summed E-state index contributed by atoms with van der Waals surface area (Å²) in [5, 5.41) is 8.48.